The van der Waals surface area contributed by atoms with Crippen molar-refractivity contribution in [3.05, 3.63) is 34.3 Å². The van der Waals surface area contributed by atoms with E-state index in [0.29, 0.717) is 0 Å². The highest BCUT2D eigenvalue weighted by molar-refractivity contribution is 9.10. The quantitative estimate of drug-likeness (QED) is 0.864. The molecule has 2 N–H and O–H groups in total. The molecule has 2 atom stereocenters. The van der Waals surface area contributed by atoms with Crippen LogP contribution in [-0.4, -0.2) is 17.0 Å². The van der Waals surface area contributed by atoms with Crippen molar-refractivity contribution < 1.29 is 0 Å². The first-order valence-electron chi connectivity index (χ1n) is 5.73. The summed E-state index contributed by atoms with van der Waals surface area (Å²) in [4.78, 5) is 0. The summed E-state index contributed by atoms with van der Waals surface area (Å²) in [5.41, 5.74) is 7.43. The van der Waals surface area contributed by atoms with Gasteiger partial charge < -0.3 is 5.73 Å². The Balaban J connectivity index is 2.33. The van der Waals surface area contributed by atoms with Crippen LogP contribution in [0.25, 0.3) is 0 Å². The molecule has 0 radical (unpaired) electrons. The van der Waals surface area contributed by atoms with Crippen LogP contribution in [0.1, 0.15) is 25.8 Å². The van der Waals surface area contributed by atoms with E-state index < -0.39 is 0 Å². The molecular weight excluding hydrogens is 282 g/mol. The summed E-state index contributed by atoms with van der Waals surface area (Å²) in [5, 5.41) is 0.718. The zero-order valence-corrected chi connectivity index (χ0v) is 12.4. The molecule has 0 bridgehead atoms. The van der Waals surface area contributed by atoms with Gasteiger partial charge in [0.05, 0.1) is 0 Å². The van der Waals surface area contributed by atoms with Crippen molar-refractivity contribution in [1.82, 2.24) is 0 Å². The lowest BCUT2D eigenvalue weighted by Crippen LogP contribution is -2.26. The van der Waals surface area contributed by atoms with Crippen LogP contribution in [0.4, 0.5) is 0 Å². The van der Waals surface area contributed by atoms with Gasteiger partial charge in [0.2, 0.25) is 0 Å². The van der Waals surface area contributed by atoms with Crippen LogP contribution in [0.2, 0.25) is 0 Å². The van der Waals surface area contributed by atoms with Crippen molar-refractivity contribution in [2.24, 2.45) is 5.73 Å². The Morgan fingerprint density at radius 1 is 1.31 bits per heavy atom. The fourth-order valence-electron chi connectivity index (χ4n) is 1.39. The molecule has 0 saturated heterocycles. The van der Waals surface area contributed by atoms with Crippen molar-refractivity contribution >= 4 is 27.7 Å². The van der Waals surface area contributed by atoms with Gasteiger partial charge in [0.1, 0.15) is 0 Å². The van der Waals surface area contributed by atoms with Gasteiger partial charge in [0.15, 0.2) is 0 Å². The fraction of sp³-hybridized carbons (Fsp3) is 0.538. The lowest BCUT2D eigenvalue weighted by molar-refractivity contribution is 0.745. The highest BCUT2D eigenvalue weighted by Gasteiger charge is 2.07. The molecule has 1 rings (SSSR count). The third-order valence-corrected chi connectivity index (χ3v) is 4.63. The molecule has 0 spiro atoms. The van der Waals surface area contributed by atoms with Gasteiger partial charge in [-0.15, -0.1) is 0 Å². The van der Waals surface area contributed by atoms with Gasteiger partial charge in [-0.25, -0.2) is 0 Å². The van der Waals surface area contributed by atoms with Crippen LogP contribution >= 0.6 is 27.7 Å². The van der Waals surface area contributed by atoms with E-state index in [2.05, 4.69) is 54.0 Å². The smallest absolute Gasteiger partial charge is 0.0175 e. The Morgan fingerprint density at radius 3 is 2.50 bits per heavy atom. The number of rotatable bonds is 6. The lowest BCUT2D eigenvalue weighted by atomic mass is 10.1. The predicted octanol–water partition coefficient (Wildman–Crippen LogP) is 3.85. The molecule has 90 valence electrons. The maximum atomic E-state index is 6.11. The number of benzene rings is 1. The molecule has 1 aromatic carbocycles. The zero-order valence-electron chi connectivity index (χ0n) is 9.95. The monoisotopic (exact) mass is 301 g/mol. The first kappa shape index (κ1) is 14.1. The third-order valence-electron chi connectivity index (χ3n) is 2.58. The Bertz CT molecular complexity index is 299. The average molecular weight is 302 g/mol. The zero-order chi connectivity index (χ0) is 12.0. The largest absolute Gasteiger partial charge is 0.327 e. The maximum Gasteiger partial charge on any atom is 0.0175 e. The second-order valence-corrected chi connectivity index (χ2v) is 6.53. The third kappa shape index (κ3) is 5.37. The number of hydrogen-bond donors (Lipinski definition) is 1. The summed E-state index contributed by atoms with van der Waals surface area (Å²) in [6, 6.07) is 8.68. The van der Waals surface area contributed by atoms with E-state index in [4.69, 9.17) is 5.73 Å². The molecule has 0 aliphatic rings. The van der Waals surface area contributed by atoms with Crippen molar-refractivity contribution in [3.63, 3.8) is 0 Å². The minimum atomic E-state index is 0.264. The van der Waals surface area contributed by atoms with Crippen LogP contribution in [0.3, 0.4) is 0 Å². The van der Waals surface area contributed by atoms with Crippen molar-refractivity contribution in [3.8, 4) is 0 Å². The topological polar surface area (TPSA) is 26.0 Å². The molecule has 1 nitrogen and oxygen atoms in total. The summed E-state index contributed by atoms with van der Waals surface area (Å²) in [5.74, 6) is 1.05. The summed E-state index contributed by atoms with van der Waals surface area (Å²) in [6.45, 7) is 4.48. The van der Waals surface area contributed by atoms with Gasteiger partial charge in [0, 0.05) is 21.5 Å². The van der Waals surface area contributed by atoms with Gasteiger partial charge in [-0.2, -0.15) is 11.8 Å². The number of thioether (sulfide) groups is 1. The highest BCUT2D eigenvalue weighted by atomic mass is 79.9. The molecule has 0 aliphatic heterocycles. The molecule has 2 unspecified atom stereocenters. The Labute approximate surface area is 111 Å². The molecule has 0 saturated carbocycles. The number of nitrogens with two attached hydrogens (primary N) is 1. The van der Waals surface area contributed by atoms with Crippen molar-refractivity contribution in [2.75, 3.05) is 5.75 Å². The van der Waals surface area contributed by atoms with Gasteiger partial charge in [-0.05, 0) is 30.5 Å². The SMILES string of the molecule is CCC(C)SCC(N)Cc1ccc(Br)cc1. The number of hydrogen-bond acceptors (Lipinski definition) is 2. The van der Waals surface area contributed by atoms with Crippen LogP contribution < -0.4 is 5.73 Å². The first-order valence-corrected chi connectivity index (χ1v) is 7.57. The fourth-order valence-corrected chi connectivity index (χ4v) is 2.58. The molecule has 0 aromatic heterocycles. The summed E-state index contributed by atoms with van der Waals surface area (Å²) < 4.78 is 1.12. The molecule has 0 amide bonds. The molecule has 1 aromatic rings. The summed E-state index contributed by atoms with van der Waals surface area (Å²) in [6.07, 6.45) is 2.19. The Hall–Kier alpha value is 0.01000. The van der Waals surface area contributed by atoms with Crippen LogP contribution in [0.15, 0.2) is 28.7 Å². The normalized spacial score (nSPS) is 14.8. The average Bonchev–Trinajstić information content (AvgIpc) is 2.29. The van der Waals surface area contributed by atoms with E-state index in [1.54, 1.807) is 0 Å². The molecule has 16 heavy (non-hydrogen) atoms. The minimum Gasteiger partial charge on any atom is -0.327 e. The summed E-state index contributed by atoms with van der Waals surface area (Å²) in [7, 11) is 0. The van der Waals surface area contributed by atoms with Gasteiger partial charge in [-0.1, -0.05) is 41.9 Å². The van der Waals surface area contributed by atoms with Crippen molar-refractivity contribution in [1.29, 1.82) is 0 Å². The van der Waals surface area contributed by atoms with Crippen LogP contribution in [0.5, 0.6) is 0 Å². The Kier molecular flexibility index (Phi) is 6.47. The van der Waals surface area contributed by atoms with E-state index >= 15 is 0 Å². The van der Waals surface area contributed by atoms with Gasteiger partial charge >= 0.3 is 0 Å². The summed E-state index contributed by atoms with van der Waals surface area (Å²) >= 11 is 5.41. The van der Waals surface area contributed by atoms with Crippen LogP contribution in [0, 0.1) is 0 Å². The van der Waals surface area contributed by atoms with E-state index in [-0.39, 0.29) is 6.04 Å². The van der Waals surface area contributed by atoms with E-state index in [1.165, 1.54) is 12.0 Å². The second kappa shape index (κ2) is 7.36. The van der Waals surface area contributed by atoms with Crippen LogP contribution in [-0.2, 0) is 6.42 Å². The Morgan fingerprint density at radius 2 is 1.94 bits per heavy atom. The first-order chi connectivity index (χ1) is 7.61. The predicted molar refractivity (Wildman–Crippen MR) is 78.0 cm³/mol. The molecule has 0 aliphatic carbocycles. The second-order valence-electron chi connectivity index (χ2n) is 4.14. The van der Waals surface area contributed by atoms with E-state index in [9.17, 15) is 0 Å². The van der Waals surface area contributed by atoms with E-state index in [0.717, 1.165) is 21.9 Å². The molecule has 0 fully saturated rings. The van der Waals surface area contributed by atoms with Gasteiger partial charge in [0.25, 0.3) is 0 Å². The molecule has 0 heterocycles. The van der Waals surface area contributed by atoms with Crippen molar-refractivity contribution in [2.45, 2.75) is 38.0 Å². The number of halogens is 1. The standard InChI is InChI=1S/C13H20BrNS/c1-3-10(2)16-9-13(15)8-11-4-6-12(14)7-5-11/h4-7,10,13H,3,8-9,15H2,1-2H3. The lowest BCUT2D eigenvalue weighted by Gasteiger charge is -2.14. The molecular formula is C13H20BrNS. The maximum absolute atomic E-state index is 6.11. The highest BCUT2D eigenvalue weighted by Crippen LogP contribution is 2.16. The van der Waals surface area contributed by atoms with E-state index in [1.807, 2.05) is 11.8 Å². The minimum absolute atomic E-state index is 0.264. The van der Waals surface area contributed by atoms with Gasteiger partial charge in [-0.3, -0.25) is 0 Å². The molecule has 3 heteroatoms.